The second-order valence-electron chi connectivity index (χ2n) is 3.77. The molecule has 0 aromatic rings. The summed E-state index contributed by atoms with van der Waals surface area (Å²) in [5, 5.41) is 30.9. The molecule has 0 unspecified atom stereocenters. The van der Waals surface area contributed by atoms with E-state index in [1.54, 1.807) is 6.08 Å². The van der Waals surface area contributed by atoms with Crippen LogP contribution in [0.25, 0.3) is 0 Å². The summed E-state index contributed by atoms with van der Waals surface area (Å²) in [5.74, 6) is -0.0493. The number of nitrogens with zero attached hydrogens (tertiary/aromatic N) is 1. The zero-order valence-corrected chi connectivity index (χ0v) is 8.14. The van der Waals surface area contributed by atoms with Crippen LogP contribution < -0.4 is 0 Å². The van der Waals surface area contributed by atoms with E-state index in [1.807, 2.05) is 7.85 Å². The molecule has 0 aromatic carbocycles. The van der Waals surface area contributed by atoms with Crippen LogP contribution in [0, 0.1) is 5.41 Å². The van der Waals surface area contributed by atoms with E-state index in [0.717, 1.165) is 0 Å². The minimum absolute atomic E-state index is 0.0493. The van der Waals surface area contributed by atoms with Crippen molar-refractivity contribution in [2.24, 2.45) is 10.6 Å². The van der Waals surface area contributed by atoms with Crippen molar-refractivity contribution in [3.8, 4) is 0 Å². The summed E-state index contributed by atoms with van der Waals surface area (Å²) < 4.78 is 0. The number of hydrogen-bond acceptors (Lipinski definition) is 4. The molecule has 0 spiro atoms. The van der Waals surface area contributed by atoms with E-state index in [9.17, 15) is 10.2 Å². The van der Waals surface area contributed by atoms with Gasteiger partial charge < -0.3 is 15.4 Å². The lowest BCUT2D eigenvalue weighted by molar-refractivity contribution is 0.0680. The molecule has 3 N–H and O–H groups in total. The Morgan fingerprint density at radius 3 is 2.79 bits per heavy atom. The van der Waals surface area contributed by atoms with Crippen LogP contribution in [0.15, 0.2) is 23.5 Å². The van der Waals surface area contributed by atoms with Gasteiger partial charge in [0.05, 0.1) is 17.7 Å². The van der Waals surface area contributed by atoms with E-state index in [1.165, 1.54) is 0 Å². The molecule has 76 valence electrons. The summed E-state index contributed by atoms with van der Waals surface area (Å²) in [7, 11) is 1.84. The molecule has 0 aliphatic heterocycles. The minimum atomic E-state index is -0.957. The van der Waals surface area contributed by atoms with Crippen molar-refractivity contribution in [3.05, 3.63) is 18.4 Å². The van der Waals surface area contributed by atoms with Crippen LogP contribution in [-0.2, 0) is 0 Å². The van der Waals surface area contributed by atoms with E-state index in [-0.39, 0.29) is 12.4 Å². The highest BCUT2D eigenvalue weighted by molar-refractivity contribution is 6.27. The van der Waals surface area contributed by atoms with Gasteiger partial charge in [0.15, 0.2) is 0 Å². The van der Waals surface area contributed by atoms with Crippen molar-refractivity contribution in [2.45, 2.75) is 18.3 Å². The smallest absolute Gasteiger partial charge is 0.113 e. The molecule has 1 fully saturated rings. The standard InChI is InChI=1S/C9H14BNO3/c1-2-3-9(5-12)4-6(10)7(11-14)8(9)13/h3,6,8,12-14H,1,4-5,10H2/b11-7+/t6-,8-,9-/m1/s1. The van der Waals surface area contributed by atoms with Crippen molar-refractivity contribution in [2.75, 3.05) is 6.61 Å². The Bertz CT molecular complexity index is 298. The van der Waals surface area contributed by atoms with Crippen LogP contribution in [0.5, 0.6) is 0 Å². The normalized spacial score (nSPS) is 39.7. The third-order valence-corrected chi connectivity index (χ3v) is 2.82. The van der Waals surface area contributed by atoms with Gasteiger partial charge in [-0.3, -0.25) is 0 Å². The van der Waals surface area contributed by atoms with Gasteiger partial charge in [0, 0.05) is 0 Å². The van der Waals surface area contributed by atoms with Crippen LogP contribution in [0.3, 0.4) is 0 Å². The maximum atomic E-state index is 9.85. The first-order valence-corrected chi connectivity index (χ1v) is 4.49. The summed E-state index contributed by atoms with van der Waals surface area (Å²) in [6, 6.07) is 0. The maximum Gasteiger partial charge on any atom is 0.113 e. The Kier molecular flexibility index (Phi) is 3.16. The number of oxime groups is 1. The minimum Gasteiger partial charge on any atom is -0.411 e. The van der Waals surface area contributed by atoms with Crippen molar-refractivity contribution in [3.63, 3.8) is 0 Å². The van der Waals surface area contributed by atoms with Gasteiger partial charge in [-0.25, -0.2) is 0 Å². The molecule has 0 radical (unpaired) electrons. The Hall–Kier alpha value is -1.03. The summed E-state index contributed by atoms with van der Waals surface area (Å²) in [6.07, 6.45) is 1.13. The molecule has 1 aliphatic rings. The Morgan fingerprint density at radius 2 is 2.43 bits per heavy atom. The van der Waals surface area contributed by atoms with Gasteiger partial charge in [-0.15, -0.1) is 5.73 Å². The van der Waals surface area contributed by atoms with Crippen LogP contribution in [-0.4, -0.2) is 41.7 Å². The third-order valence-electron chi connectivity index (χ3n) is 2.82. The molecular weight excluding hydrogens is 181 g/mol. The number of aliphatic hydroxyl groups excluding tert-OH is 2. The highest BCUT2D eigenvalue weighted by Gasteiger charge is 2.48. The Labute approximate surface area is 83.7 Å². The van der Waals surface area contributed by atoms with Crippen LogP contribution >= 0.6 is 0 Å². The molecule has 1 saturated carbocycles. The molecule has 1 aliphatic carbocycles. The molecule has 0 heterocycles. The highest BCUT2D eigenvalue weighted by Crippen LogP contribution is 2.42. The van der Waals surface area contributed by atoms with Gasteiger partial charge in [0.25, 0.3) is 0 Å². The summed E-state index contributed by atoms with van der Waals surface area (Å²) in [6.45, 7) is 3.21. The lowest BCUT2D eigenvalue weighted by Gasteiger charge is -2.25. The molecule has 5 heteroatoms. The summed E-state index contributed by atoms with van der Waals surface area (Å²) >= 11 is 0. The van der Waals surface area contributed by atoms with E-state index < -0.39 is 11.5 Å². The maximum absolute atomic E-state index is 9.85. The van der Waals surface area contributed by atoms with Gasteiger partial charge in [0.1, 0.15) is 14.0 Å². The molecule has 0 amide bonds. The zero-order valence-electron chi connectivity index (χ0n) is 8.14. The first kappa shape index (κ1) is 11.1. The van der Waals surface area contributed by atoms with Crippen LogP contribution in [0.4, 0.5) is 0 Å². The Morgan fingerprint density at radius 1 is 1.79 bits per heavy atom. The number of hydrogen-bond donors (Lipinski definition) is 3. The van der Waals surface area contributed by atoms with E-state index >= 15 is 0 Å². The van der Waals surface area contributed by atoms with Crippen molar-refractivity contribution in [1.29, 1.82) is 0 Å². The van der Waals surface area contributed by atoms with E-state index in [4.69, 9.17) is 5.21 Å². The van der Waals surface area contributed by atoms with Crippen LogP contribution in [0.2, 0.25) is 5.82 Å². The molecule has 1 rings (SSSR count). The monoisotopic (exact) mass is 195 g/mol. The van der Waals surface area contributed by atoms with Crippen molar-refractivity contribution >= 4 is 13.6 Å². The average molecular weight is 195 g/mol. The fourth-order valence-corrected chi connectivity index (χ4v) is 2.04. The summed E-state index contributed by atoms with van der Waals surface area (Å²) in [4.78, 5) is 0. The van der Waals surface area contributed by atoms with E-state index in [0.29, 0.717) is 12.1 Å². The van der Waals surface area contributed by atoms with Crippen molar-refractivity contribution in [1.82, 2.24) is 0 Å². The lowest BCUT2D eigenvalue weighted by atomic mass is 9.80. The molecule has 0 saturated heterocycles. The predicted octanol–water partition coefficient (Wildman–Crippen LogP) is -0.677. The van der Waals surface area contributed by atoms with Gasteiger partial charge in [-0.05, 0) is 18.3 Å². The second kappa shape index (κ2) is 4.01. The topological polar surface area (TPSA) is 73.0 Å². The first-order valence-electron chi connectivity index (χ1n) is 4.49. The third kappa shape index (κ3) is 1.50. The molecular formula is C9H14BNO3. The molecule has 0 aromatic heterocycles. The van der Waals surface area contributed by atoms with Crippen LogP contribution in [0.1, 0.15) is 6.42 Å². The molecule has 14 heavy (non-hydrogen) atoms. The largest absolute Gasteiger partial charge is 0.411 e. The lowest BCUT2D eigenvalue weighted by Crippen LogP contribution is -2.35. The SMILES string of the molecule is B[C@@H]1C[C@](C=C=C)(CO)[C@H](O)/C1=N/O. The second-order valence-corrected chi connectivity index (χ2v) is 3.77. The fraction of sp³-hybridized carbons (Fsp3) is 0.556. The van der Waals surface area contributed by atoms with Gasteiger partial charge >= 0.3 is 0 Å². The average Bonchev–Trinajstić information content (AvgIpc) is 2.40. The first-order chi connectivity index (χ1) is 6.61. The van der Waals surface area contributed by atoms with E-state index in [2.05, 4.69) is 17.5 Å². The predicted molar refractivity (Wildman–Crippen MR) is 55.4 cm³/mol. The fourth-order valence-electron chi connectivity index (χ4n) is 2.04. The van der Waals surface area contributed by atoms with Gasteiger partial charge in [-0.2, -0.15) is 0 Å². The number of aliphatic hydroxyl groups is 2. The molecule has 3 atom stereocenters. The summed E-state index contributed by atoms with van der Waals surface area (Å²) in [5.41, 5.74) is 2.09. The molecule has 4 nitrogen and oxygen atoms in total. The van der Waals surface area contributed by atoms with Crippen molar-refractivity contribution < 1.29 is 15.4 Å². The zero-order chi connectivity index (χ0) is 10.8. The van der Waals surface area contributed by atoms with Gasteiger partial charge in [-0.1, -0.05) is 11.7 Å². The van der Waals surface area contributed by atoms with Gasteiger partial charge in [0.2, 0.25) is 0 Å². The Balaban J connectivity index is 3.08. The molecule has 0 bridgehead atoms. The quantitative estimate of drug-likeness (QED) is 0.236. The number of rotatable bonds is 2. The highest BCUT2D eigenvalue weighted by atomic mass is 16.4.